The highest BCUT2D eigenvalue weighted by molar-refractivity contribution is 7.92. The lowest BCUT2D eigenvalue weighted by Gasteiger charge is -2.31. The molecule has 0 aliphatic carbocycles. The van der Waals surface area contributed by atoms with Crippen LogP contribution in [-0.2, 0) is 26.2 Å². The monoisotopic (exact) mass is 497 g/mol. The first-order chi connectivity index (χ1) is 15.5. The predicted molar refractivity (Wildman–Crippen MR) is 127 cm³/mol. The number of carbonyl (C=O) groups is 2. The van der Waals surface area contributed by atoms with Crippen LogP contribution in [0.3, 0.4) is 0 Å². The fourth-order valence-electron chi connectivity index (χ4n) is 3.20. The first-order valence-corrected chi connectivity index (χ1v) is 12.2. The lowest BCUT2D eigenvalue weighted by molar-refractivity contribution is -0.139. The summed E-state index contributed by atoms with van der Waals surface area (Å²) in [7, 11) is 0.486. The van der Waals surface area contributed by atoms with E-state index in [9.17, 15) is 18.0 Å². The SMILES string of the molecule is CNC(=O)C(C)N(Cc1ccccc1Cl)C(=O)CN(c1ccc(OC)c(OC)c1)S(C)(=O)=O. The van der Waals surface area contributed by atoms with Gasteiger partial charge in [0.25, 0.3) is 0 Å². The maximum absolute atomic E-state index is 13.4. The first-order valence-electron chi connectivity index (χ1n) is 9.97. The van der Waals surface area contributed by atoms with Crippen molar-refractivity contribution >= 4 is 39.1 Å². The number of nitrogens with one attached hydrogen (secondary N) is 1. The van der Waals surface area contributed by atoms with E-state index in [0.717, 1.165) is 10.6 Å². The molecule has 0 radical (unpaired) electrons. The van der Waals surface area contributed by atoms with E-state index in [4.69, 9.17) is 21.1 Å². The molecule has 33 heavy (non-hydrogen) atoms. The number of carbonyl (C=O) groups excluding carboxylic acids is 2. The highest BCUT2D eigenvalue weighted by atomic mass is 35.5. The summed E-state index contributed by atoms with van der Waals surface area (Å²) in [6, 6.07) is 10.6. The summed E-state index contributed by atoms with van der Waals surface area (Å²) in [5.74, 6) is -0.254. The molecular formula is C22H28ClN3O6S. The lowest BCUT2D eigenvalue weighted by atomic mass is 10.1. The smallest absolute Gasteiger partial charge is 0.244 e. The van der Waals surface area contributed by atoms with E-state index in [1.807, 2.05) is 0 Å². The Morgan fingerprint density at radius 1 is 1.09 bits per heavy atom. The van der Waals surface area contributed by atoms with Crippen molar-refractivity contribution in [2.24, 2.45) is 0 Å². The highest BCUT2D eigenvalue weighted by Crippen LogP contribution is 2.32. The lowest BCUT2D eigenvalue weighted by Crippen LogP contribution is -2.50. The molecule has 1 atom stereocenters. The van der Waals surface area contributed by atoms with Gasteiger partial charge in [0, 0.05) is 24.7 Å². The topological polar surface area (TPSA) is 105 Å². The van der Waals surface area contributed by atoms with E-state index in [0.29, 0.717) is 22.1 Å². The van der Waals surface area contributed by atoms with Crippen LogP contribution < -0.4 is 19.1 Å². The number of methoxy groups -OCH3 is 2. The summed E-state index contributed by atoms with van der Waals surface area (Å²) in [5, 5.41) is 2.95. The Morgan fingerprint density at radius 3 is 2.27 bits per heavy atom. The largest absolute Gasteiger partial charge is 0.493 e. The molecule has 0 fully saturated rings. The number of halogens is 1. The molecule has 2 aromatic rings. The van der Waals surface area contributed by atoms with Crippen molar-refractivity contribution in [2.75, 3.05) is 38.4 Å². The van der Waals surface area contributed by atoms with Crippen molar-refractivity contribution in [3.63, 3.8) is 0 Å². The van der Waals surface area contributed by atoms with Crippen LogP contribution in [0.15, 0.2) is 42.5 Å². The molecule has 0 aliphatic rings. The van der Waals surface area contributed by atoms with Gasteiger partial charge < -0.3 is 19.7 Å². The molecule has 9 nitrogen and oxygen atoms in total. The van der Waals surface area contributed by atoms with Gasteiger partial charge in [-0.2, -0.15) is 0 Å². The minimum absolute atomic E-state index is 0.0244. The molecule has 0 aliphatic heterocycles. The predicted octanol–water partition coefficient (Wildman–Crippen LogP) is 2.29. The van der Waals surface area contributed by atoms with E-state index in [1.165, 1.54) is 38.3 Å². The Labute approximate surface area is 199 Å². The van der Waals surface area contributed by atoms with Crippen LogP contribution >= 0.6 is 11.6 Å². The van der Waals surface area contributed by atoms with Crippen LogP contribution in [0.2, 0.25) is 5.02 Å². The standard InChI is InChI=1S/C22H28ClN3O6S/c1-15(22(28)24-2)25(13-16-8-6-7-9-18(16)23)21(27)14-26(33(5,29)30)17-10-11-19(31-3)20(12-17)32-4/h6-12,15H,13-14H2,1-5H3,(H,24,28). The van der Waals surface area contributed by atoms with Gasteiger partial charge >= 0.3 is 0 Å². The number of likely N-dealkylation sites (N-methyl/N-ethyl adjacent to an activating group) is 1. The van der Waals surface area contributed by atoms with Crippen molar-refractivity contribution < 1.29 is 27.5 Å². The molecule has 180 valence electrons. The third-order valence-electron chi connectivity index (χ3n) is 5.05. The molecule has 2 amide bonds. The number of amides is 2. The zero-order valence-corrected chi connectivity index (χ0v) is 20.7. The second-order valence-electron chi connectivity index (χ2n) is 7.21. The van der Waals surface area contributed by atoms with Crippen molar-refractivity contribution in [2.45, 2.75) is 19.5 Å². The Morgan fingerprint density at radius 2 is 1.73 bits per heavy atom. The van der Waals surface area contributed by atoms with Crippen LogP contribution in [0.1, 0.15) is 12.5 Å². The van der Waals surface area contributed by atoms with Gasteiger partial charge in [-0.3, -0.25) is 13.9 Å². The van der Waals surface area contributed by atoms with E-state index in [1.54, 1.807) is 37.3 Å². The van der Waals surface area contributed by atoms with Crippen LogP contribution in [0.25, 0.3) is 0 Å². The van der Waals surface area contributed by atoms with Gasteiger partial charge in [-0.05, 0) is 30.7 Å². The molecule has 0 bridgehead atoms. The summed E-state index contributed by atoms with van der Waals surface area (Å²) in [5.41, 5.74) is 0.842. The Kier molecular flexibility index (Phi) is 8.95. The minimum atomic E-state index is -3.86. The molecule has 11 heteroatoms. The quantitative estimate of drug-likeness (QED) is 0.540. The molecule has 0 saturated carbocycles. The minimum Gasteiger partial charge on any atom is -0.493 e. The maximum Gasteiger partial charge on any atom is 0.244 e. The summed E-state index contributed by atoms with van der Waals surface area (Å²) >= 11 is 6.26. The number of hydrogen-bond acceptors (Lipinski definition) is 6. The van der Waals surface area contributed by atoms with Crippen LogP contribution in [-0.4, -0.2) is 65.2 Å². The highest BCUT2D eigenvalue weighted by Gasteiger charge is 2.30. The van der Waals surface area contributed by atoms with Gasteiger partial charge in [0.2, 0.25) is 21.8 Å². The second kappa shape index (κ2) is 11.2. The van der Waals surface area contributed by atoms with Crippen molar-refractivity contribution in [3.8, 4) is 11.5 Å². The normalized spacial score (nSPS) is 11.9. The van der Waals surface area contributed by atoms with E-state index in [2.05, 4.69) is 5.32 Å². The zero-order chi connectivity index (χ0) is 24.8. The van der Waals surface area contributed by atoms with Crippen LogP contribution in [0.5, 0.6) is 11.5 Å². The Bertz CT molecular complexity index is 1110. The number of sulfonamides is 1. The number of benzene rings is 2. The molecule has 2 rings (SSSR count). The Balaban J connectivity index is 2.44. The van der Waals surface area contributed by atoms with Crippen molar-refractivity contribution in [1.29, 1.82) is 0 Å². The molecule has 0 aromatic heterocycles. The molecule has 1 N–H and O–H groups in total. The van der Waals surface area contributed by atoms with E-state index >= 15 is 0 Å². The third kappa shape index (κ3) is 6.52. The number of rotatable bonds is 10. The van der Waals surface area contributed by atoms with Crippen molar-refractivity contribution in [3.05, 3.63) is 53.1 Å². The van der Waals surface area contributed by atoms with Gasteiger partial charge in [0.1, 0.15) is 12.6 Å². The second-order valence-corrected chi connectivity index (χ2v) is 9.53. The molecule has 2 aromatic carbocycles. The number of hydrogen-bond donors (Lipinski definition) is 1. The van der Waals surface area contributed by atoms with Gasteiger partial charge in [0.05, 0.1) is 26.2 Å². The number of anilines is 1. The molecule has 1 unspecified atom stereocenters. The zero-order valence-electron chi connectivity index (χ0n) is 19.2. The molecular weight excluding hydrogens is 470 g/mol. The summed E-state index contributed by atoms with van der Waals surface area (Å²) in [4.78, 5) is 27.0. The molecule has 0 spiro atoms. The fraction of sp³-hybridized carbons (Fsp3) is 0.364. The van der Waals surface area contributed by atoms with Gasteiger partial charge in [-0.15, -0.1) is 0 Å². The third-order valence-corrected chi connectivity index (χ3v) is 6.56. The summed E-state index contributed by atoms with van der Waals surface area (Å²) in [6.45, 7) is 1.06. The van der Waals surface area contributed by atoms with Crippen molar-refractivity contribution in [1.82, 2.24) is 10.2 Å². The van der Waals surface area contributed by atoms with Gasteiger partial charge in [0.15, 0.2) is 11.5 Å². The molecule has 0 heterocycles. The van der Waals surface area contributed by atoms with Crippen LogP contribution in [0.4, 0.5) is 5.69 Å². The Hall–Kier alpha value is -2.98. The van der Waals surface area contributed by atoms with Crippen LogP contribution in [0, 0.1) is 0 Å². The fourth-order valence-corrected chi connectivity index (χ4v) is 4.23. The average molecular weight is 498 g/mol. The van der Waals surface area contributed by atoms with E-state index < -0.39 is 34.4 Å². The van der Waals surface area contributed by atoms with Gasteiger partial charge in [-0.1, -0.05) is 29.8 Å². The van der Waals surface area contributed by atoms with Gasteiger partial charge in [-0.25, -0.2) is 8.42 Å². The average Bonchev–Trinajstić information content (AvgIpc) is 2.79. The summed E-state index contributed by atoms with van der Waals surface area (Å²) in [6.07, 6.45) is 0.998. The molecule has 0 saturated heterocycles. The maximum atomic E-state index is 13.4. The van der Waals surface area contributed by atoms with E-state index in [-0.39, 0.29) is 12.2 Å². The first kappa shape index (κ1) is 26.3. The number of ether oxygens (including phenoxy) is 2. The summed E-state index contributed by atoms with van der Waals surface area (Å²) < 4.78 is 36.6. The number of nitrogens with zero attached hydrogens (tertiary/aromatic N) is 2.